The number of hydrogen-bond acceptors (Lipinski definition) is 12. The highest BCUT2D eigenvalue weighted by Crippen LogP contribution is 2.20. The van der Waals surface area contributed by atoms with E-state index in [1.54, 1.807) is 50.4 Å². The van der Waals surface area contributed by atoms with Gasteiger partial charge in [-0.05, 0) is 67.6 Å². The zero-order chi connectivity index (χ0) is 54.5. The number of aromatic amines is 1. The van der Waals surface area contributed by atoms with E-state index in [-0.39, 0.29) is 56.1 Å². The number of H-pyrrole nitrogens is 1. The second-order valence-electron chi connectivity index (χ2n) is 19.3. The van der Waals surface area contributed by atoms with Crippen LogP contribution in [-0.4, -0.2) is 125 Å². The molecule has 73 heavy (non-hydrogen) atoms. The Morgan fingerprint density at radius 1 is 0.575 bits per heavy atom. The number of fused-ring (bicyclic) bond motifs is 1. The maximum absolute atomic E-state index is 14.1. The normalized spacial score (nSPS) is 14.6. The van der Waals surface area contributed by atoms with E-state index in [0.29, 0.717) is 5.56 Å². The lowest BCUT2D eigenvalue weighted by Crippen LogP contribution is -2.59. The first-order valence-electron chi connectivity index (χ1n) is 24.3. The van der Waals surface area contributed by atoms with Crippen LogP contribution in [-0.2, 0) is 60.8 Å². The number of thiol groups is 1. The van der Waals surface area contributed by atoms with Gasteiger partial charge in [-0.2, -0.15) is 12.6 Å². The number of hydrogen-bond donors (Lipinski definition) is 13. The van der Waals surface area contributed by atoms with E-state index in [1.807, 2.05) is 52.0 Å². The Balaban J connectivity index is 1.71. The molecule has 0 radical (unpaired) electrons. The monoisotopic (exact) mass is 1030 g/mol. The summed E-state index contributed by atoms with van der Waals surface area (Å²) < 4.78 is 0. The van der Waals surface area contributed by atoms with Gasteiger partial charge in [0.15, 0.2) is 0 Å². The average molecular weight is 1040 g/mol. The SMILES string of the molecule is CC(C)C[C@H](NC(=O)[C@H](CC(C)C)NC(=O)[C@H](CS)NC(=O)CNC(=O)[C@@H](NC(=O)[C@H](C)NC(=O)[C@H](Cc1c[nH]c2ccccc12)NC(=O)[C@H](CCC(N)=O)NC(=O)[C@H](N)Cc1ccccc1)C(C)C)C(N)=O. The van der Waals surface area contributed by atoms with E-state index in [2.05, 4.69) is 60.1 Å². The van der Waals surface area contributed by atoms with Crippen molar-refractivity contribution in [1.82, 2.24) is 47.5 Å². The second kappa shape index (κ2) is 29.5. The van der Waals surface area contributed by atoms with Crippen molar-refractivity contribution in [3.05, 3.63) is 71.9 Å². The van der Waals surface area contributed by atoms with Crippen molar-refractivity contribution in [3.8, 4) is 0 Å². The molecular formula is C50H74N12O10S. The summed E-state index contributed by atoms with van der Waals surface area (Å²) in [6, 6.07) is 6.70. The fourth-order valence-corrected chi connectivity index (χ4v) is 7.93. The van der Waals surface area contributed by atoms with Gasteiger partial charge in [-0.1, -0.05) is 90.1 Å². The third-order valence-electron chi connectivity index (χ3n) is 11.6. The van der Waals surface area contributed by atoms with Crippen molar-refractivity contribution in [1.29, 1.82) is 0 Å². The smallest absolute Gasteiger partial charge is 0.244 e. The molecule has 0 bridgehead atoms. The van der Waals surface area contributed by atoms with Gasteiger partial charge < -0.3 is 64.7 Å². The number of benzene rings is 2. The number of para-hydroxylation sites is 1. The van der Waals surface area contributed by atoms with Gasteiger partial charge in [0.05, 0.1) is 12.6 Å². The largest absolute Gasteiger partial charge is 0.370 e. The Labute approximate surface area is 431 Å². The van der Waals surface area contributed by atoms with E-state index in [0.717, 1.165) is 16.5 Å². The summed E-state index contributed by atoms with van der Waals surface area (Å²) in [5, 5.41) is 21.4. The number of amides is 10. The first-order chi connectivity index (χ1) is 34.4. The maximum Gasteiger partial charge on any atom is 0.244 e. The predicted octanol–water partition coefficient (Wildman–Crippen LogP) is -0.761. The predicted molar refractivity (Wildman–Crippen MR) is 278 cm³/mol. The van der Waals surface area contributed by atoms with Gasteiger partial charge in [0, 0.05) is 35.7 Å². The Kier molecular flexibility index (Phi) is 24.4. The average Bonchev–Trinajstić information content (AvgIpc) is 3.74. The molecule has 0 aliphatic heterocycles. The highest BCUT2D eigenvalue weighted by atomic mass is 32.1. The second-order valence-corrected chi connectivity index (χ2v) is 19.6. The fraction of sp³-hybridized carbons (Fsp3) is 0.520. The fourth-order valence-electron chi connectivity index (χ4n) is 7.67. The lowest BCUT2D eigenvalue weighted by atomic mass is 10.00. The van der Waals surface area contributed by atoms with Gasteiger partial charge in [0.2, 0.25) is 59.1 Å². The van der Waals surface area contributed by atoms with Crippen LogP contribution in [0.1, 0.15) is 85.3 Å². The highest BCUT2D eigenvalue weighted by Gasteiger charge is 2.34. The Morgan fingerprint density at radius 2 is 1.12 bits per heavy atom. The van der Waals surface area contributed by atoms with Crippen molar-refractivity contribution in [3.63, 3.8) is 0 Å². The van der Waals surface area contributed by atoms with E-state index in [9.17, 15) is 47.9 Å². The van der Waals surface area contributed by atoms with Gasteiger partial charge in [-0.25, -0.2) is 0 Å². The summed E-state index contributed by atoms with van der Waals surface area (Å²) in [5.41, 5.74) is 19.3. The Morgan fingerprint density at radius 3 is 1.73 bits per heavy atom. The number of carbonyl (C=O) groups excluding carboxylic acids is 10. The van der Waals surface area contributed by atoms with E-state index < -0.39 is 120 Å². The first kappa shape index (κ1) is 60.3. The number of primary amides is 2. The minimum atomic E-state index is -1.35. The van der Waals surface area contributed by atoms with Gasteiger partial charge in [-0.15, -0.1) is 0 Å². The molecule has 0 unspecified atom stereocenters. The molecule has 0 spiro atoms. The molecule has 22 nitrogen and oxygen atoms in total. The standard InChI is InChI=1S/C50H74N12O10S/c1-26(2)19-36(43(53)65)59-48(70)37(20-27(3)4)60-49(71)39(25-73)57-41(64)24-55-50(72)42(28(5)6)62-44(66)29(7)56-47(69)38(22-31-23-54-34-16-12-11-15-32(31)34)61-46(68)35(17-18-40(52)63)58-45(67)33(51)21-30-13-9-8-10-14-30/h8-16,23,26-29,33,35-39,42,54,73H,17-22,24-25,51H2,1-7H3,(H2,52,63)(H2,53,65)(H,55,72)(H,56,69)(H,57,64)(H,58,67)(H,59,70)(H,60,71)(H,61,68)(H,62,66)/t29-,33+,35-,36-,37-,38-,39-,42-/m0/s1. The lowest BCUT2D eigenvalue weighted by Gasteiger charge is -2.27. The van der Waals surface area contributed by atoms with Crippen molar-refractivity contribution in [2.24, 2.45) is 35.0 Å². The Hall–Kier alpha value is -7.01. The first-order valence-corrected chi connectivity index (χ1v) is 25.0. The van der Waals surface area contributed by atoms with Crippen molar-refractivity contribution < 1.29 is 47.9 Å². The summed E-state index contributed by atoms with van der Waals surface area (Å²) in [6.07, 6.45) is 1.73. The minimum Gasteiger partial charge on any atom is -0.370 e. The van der Waals surface area contributed by atoms with Gasteiger partial charge in [-0.3, -0.25) is 47.9 Å². The molecule has 0 aliphatic rings. The molecular weight excluding hydrogens is 961 g/mol. The van der Waals surface area contributed by atoms with Crippen LogP contribution < -0.4 is 59.7 Å². The molecule has 15 N–H and O–H groups in total. The zero-order valence-electron chi connectivity index (χ0n) is 42.5. The van der Waals surface area contributed by atoms with Crippen molar-refractivity contribution in [2.75, 3.05) is 12.3 Å². The van der Waals surface area contributed by atoms with Crippen LogP contribution in [0.25, 0.3) is 10.9 Å². The third-order valence-corrected chi connectivity index (χ3v) is 12.0. The molecule has 3 aromatic rings. The van der Waals surface area contributed by atoms with E-state index >= 15 is 0 Å². The molecule has 8 atom stereocenters. The summed E-state index contributed by atoms with van der Waals surface area (Å²) in [7, 11) is 0. The number of nitrogens with one attached hydrogen (secondary N) is 9. The molecule has 23 heteroatoms. The van der Waals surface area contributed by atoms with Crippen LogP contribution in [0, 0.1) is 17.8 Å². The topological polar surface area (TPSA) is 361 Å². The van der Waals surface area contributed by atoms with Crippen LogP contribution in [0.2, 0.25) is 0 Å². The molecule has 0 fully saturated rings. The lowest BCUT2D eigenvalue weighted by molar-refractivity contribution is -0.135. The summed E-state index contributed by atoms with van der Waals surface area (Å²) >= 11 is 4.20. The third kappa shape index (κ3) is 20.2. The van der Waals surface area contributed by atoms with E-state index in [1.165, 1.54) is 6.92 Å². The van der Waals surface area contributed by atoms with Crippen LogP contribution in [0.4, 0.5) is 0 Å². The summed E-state index contributed by atoms with van der Waals surface area (Å²) in [4.78, 5) is 135. The summed E-state index contributed by atoms with van der Waals surface area (Å²) in [5.74, 6) is -8.21. The van der Waals surface area contributed by atoms with Crippen LogP contribution >= 0.6 is 12.6 Å². The maximum atomic E-state index is 14.1. The molecule has 0 saturated heterocycles. The molecule has 2 aromatic carbocycles. The van der Waals surface area contributed by atoms with Crippen LogP contribution in [0.5, 0.6) is 0 Å². The number of carbonyl (C=O) groups is 10. The quantitative estimate of drug-likeness (QED) is 0.0368. The zero-order valence-corrected chi connectivity index (χ0v) is 43.4. The van der Waals surface area contributed by atoms with Gasteiger partial charge in [0.25, 0.3) is 0 Å². The number of aromatic nitrogens is 1. The molecule has 3 rings (SSSR count). The molecule has 1 heterocycles. The minimum absolute atomic E-state index is 0.0379. The molecule has 0 aliphatic carbocycles. The molecule has 1 aromatic heterocycles. The van der Waals surface area contributed by atoms with E-state index in [4.69, 9.17) is 17.2 Å². The highest BCUT2D eigenvalue weighted by molar-refractivity contribution is 7.80. The number of rotatable bonds is 30. The Bertz CT molecular complexity index is 2400. The number of nitrogens with two attached hydrogens (primary N) is 3. The van der Waals surface area contributed by atoms with Gasteiger partial charge in [0.1, 0.15) is 42.3 Å². The van der Waals surface area contributed by atoms with Crippen LogP contribution in [0.3, 0.4) is 0 Å². The van der Waals surface area contributed by atoms with Gasteiger partial charge >= 0.3 is 0 Å². The molecule has 400 valence electrons. The summed E-state index contributed by atoms with van der Waals surface area (Å²) in [6.45, 7) is 11.4. The molecule has 10 amide bonds. The van der Waals surface area contributed by atoms with Crippen molar-refractivity contribution in [2.45, 2.75) is 135 Å². The van der Waals surface area contributed by atoms with Crippen molar-refractivity contribution >= 4 is 82.6 Å². The molecule has 0 saturated carbocycles. The van der Waals surface area contributed by atoms with Crippen LogP contribution in [0.15, 0.2) is 60.8 Å².